The van der Waals surface area contributed by atoms with Gasteiger partial charge in [-0.05, 0) is 47.4 Å². The molecule has 0 N–H and O–H groups in total. The number of benzene rings is 1. The second kappa shape index (κ2) is 8.43. The Balaban J connectivity index is 1.30. The Bertz CT molecular complexity index is 992. The van der Waals surface area contributed by atoms with Crippen LogP contribution in [0.15, 0.2) is 35.0 Å². The van der Waals surface area contributed by atoms with E-state index >= 15 is 0 Å². The molecule has 31 heavy (non-hydrogen) atoms. The molecule has 3 aliphatic heterocycles. The average Bonchev–Trinajstić information content (AvgIpc) is 3.42. The number of thiophene rings is 1. The Labute approximate surface area is 185 Å². The number of hydrogen-bond acceptors (Lipinski definition) is 6. The van der Waals surface area contributed by atoms with E-state index in [9.17, 15) is 14.4 Å². The van der Waals surface area contributed by atoms with Crippen molar-refractivity contribution in [1.82, 2.24) is 9.80 Å². The normalized spacial score (nSPS) is 19.8. The molecule has 0 aliphatic carbocycles. The molecule has 2 saturated heterocycles. The first-order valence-corrected chi connectivity index (χ1v) is 11.7. The lowest BCUT2D eigenvalue weighted by Crippen LogP contribution is -2.47. The lowest BCUT2D eigenvalue weighted by Gasteiger charge is -2.37. The molecule has 3 amide bonds. The van der Waals surface area contributed by atoms with Crippen LogP contribution in [0.3, 0.4) is 0 Å². The summed E-state index contributed by atoms with van der Waals surface area (Å²) in [6.07, 6.45) is 1.50. The molecule has 2 aromatic rings. The standard InChI is InChI=1S/C23H25N3O4S/c27-21(25-9-11-30-12-10-25)17-4-7-24(8-5-17)19-3-1-2-18-20(19)23(29)26(22(18)28)14-16-6-13-31-15-16/h1-3,6,13,15,17H,4-5,7-12,14H2. The highest BCUT2D eigenvalue weighted by atomic mass is 32.1. The highest BCUT2D eigenvalue weighted by Crippen LogP contribution is 2.35. The molecule has 0 atom stereocenters. The van der Waals surface area contributed by atoms with E-state index in [1.807, 2.05) is 33.9 Å². The number of fused-ring (bicyclic) bond motifs is 1. The van der Waals surface area contributed by atoms with Crippen molar-refractivity contribution >= 4 is 34.7 Å². The van der Waals surface area contributed by atoms with Gasteiger partial charge in [0.25, 0.3) is 11.8 Å². The van der Waals surface area contributed by atoms with E-state index in [4.69, 9.17) is 4.74 Å². The van der Waals surface area contributed by atoms with Crippen molar-refractivity contribution in [2.75, 3.05) is 44.3 Å². The van der Waals surface area contributed by atoms with E-state index in [0.29, 0.717) is 57.1 Å². The molecule has 4 heterocycles. The van der Waals surface area contributed by atoms with Gasteiger partial charge in [0.2, 0.25) is 5.91 Å². The number of anilines is 1. The predicted octanol–water partition coefficient (Wildman–Crippen LogP) is 2.62. The number of imide groups is 1. The van der Waals surface area contributed by atoms with Crippen molar-refractivity contribution in [1.29, 1.82) is 0 Å². The number of morpholine rings is 1. The molecule has 8 heteroatoms. The lowest BCUT2D eigenvalue weighted by atomic mass is 9.94. The Kier molecular flexibility index (Phi) is 5.50. The Morgan fingerprint density at radius 3 is 2.52 bits per heavy atom. The molecular formula is C23H25N3O4S. The van der Waals surface area contributed by atoms with Gasteiger partial charge in [-0.25, -0.2) is 0 Å². The van der Waals surface area contributed by atoms with E-state index in [0.717, 1.165) is 24.1 Å². The summed E-state index contributed by atoms with van der Waals surface area (Å²) < 4.78 is 5.35. The minimum absolute atomic E-state index is 0.0125. The van der Waals surface area contributed by atoms with E-state index < -0.39 is 0 Å². The van der Waals surface area contributed by atoms with Crippen LogP contribution in [-0.4, -0.2) is 66.9 Å². The van der Waals surface area contributed by atoms with E-state index in [-0.39, 0.29) is 23.6 Å². The summed E-state index contributed by atoms with van der Waals surface area (Å²) >= 11 is 1.55. The summed E-state index contributed by atoms with van der Waals surface area (Å²) in [6.45, 7) is 4.25. The van der Waals surface area contributed by atoms with E-state index in [2.05, 4.69) is 4.90 Å². The fourth-order valence-electron chi connectivity index (χ4n) is 4.70. The molecule has 0 saturated carbocycles. The van der Waals surface area contributed by atoms with Gasteiger partial charge in [0.05, 0.1) is 36.6 Å². The second-order valence-electron chi connectivity index (χ2n) is 8.23. The second-order valence-corrected chi connectivity index (χ2v) is 9.01. The van der Waals surface area contributed by atoms with Gasteiger partial charge in [0.1, 0.15) is 0 Å². The number of rotatable bonds is 4. The van der Waals surface area contributed by atoms with Crippen LogP contribution < -0.4 is 4.90 Å². The third-order valence-electron chi connectivity index (χ3n) is 6.41. The number of nitrogens with zero attached hydrogens (tertiary/aromatic N) is 3. The molecule has 5 rings (SSSR count). The number of carbonyl (C=O) groups excluding carboxylic acids is 3. The van der Waals surface area contributed by atoms with E-state index in [1.54, 1.807) is 17.4 Å². The number of piperidine rings is 1. The van der Waals surface area contributed by atoms with Gasteiger partial charge in [-0.3, -0.25) is 19.3 Å². The summed E-state index contributed by atoms with van der Waals surface area (Å²) in [6, 6.07) is 7.44. The van der Waals surface area contributed by atoms with Crippen LogP contribution in [-0.2, 0) is 16.1 Å². The summed E-state index contributed by atoms with van der Waals surface area (Å²) in [5.74, 6) is -0.230. The van der Waals surface area contributed by atoms with Crippen LogP contribution in [0, 0.1) is 5.92 Å². The minimum atomic E-state index is -0.231. The fourth-order valence-corrected chi connectivity index (χ4v) is 5.36. The summed E-state index contributed by atoms with van der Waals surface area (Å²) in [5.41, 5.74) is 2.74. The number of carbonyl (C=O) groups is 3. The molecule has 0 unspecified atom stereocenters. The van der Waals surface area contributed by atoms with E-state index in [1.165, 1.54) is 4.90 Å². The smallest absolute Gasteiger partial charge is 0.263 e. The fraction of sp³-hybridized carbons (Fsp3) is 0.435. The maximum atomic E-state index is 13.2. The average molecular weight is 440 g/mol. The topological polar surface area (TPSA) is 70.2 Å². The Morgan fingerprint density at radius 2 is 1.81 bits per heavy atom. The Hall–Kier alpha value is -2.71. The summed E-state index contributed by atoms with van der Waals surface area (Å²) in [7, 11) is 0. The number of hydrogen-bond donors (Lipinski definition) is 0. The zero-order chi connectivity index (χ0) is 21.4. The highest BCUT2D eigenvalue weighted by molar-refractivity contribution is 7.07. The van der Waals surface area contributed by atoms with Gasteiger partial charge in [-0.15, -0.1) is 0 Å². The van der Waals surface area contributed by atoms with Crippen molar-refractivity contribution in [2.24, 2.45) is 5.92 Å². The van der Waals surface area contributed by atoms with Crippen LogP contribution in [0.2, 0.25) is 0 Å². The van der Waals surface area contributed by atoms with Crippen LogP contribution in [0.5, 0.6) is 0 Å². The molecule has 3 aliphatic rings. The molecule has 1 aromatic heterocycles. The molecule has 0 radical (unpaired) electrons. The molecule has 0 spiro atoms. The third kappa shape index (κ3) is 3.74. The van der Waals surface area contributed by atoms with Crippen molar-refractivity contribution in [3.8, 4) is 0 Å². The van der Waals surface area contributed by atoms with Gasteiger partial charge < -0.3 is 14.5 Å². The van der Waals surface area contributed by atoms with Crippen LogP contribution in [0.1, 0.15) is 39.1 Å². The van der Waals surface area contributed by atoms with Gasteiger partial charge in [-0.1, -0.05) is 6.07 Å². The zero-order valence-electron chi connectivity index (χ0n) is 17.3. The minimum Gasteiger partial charge on any atom is -0.378 e. The van der Waals surface area contributed by atoms with Gasteiger partial charge in [0, 0.05) is 32.1 Å². The summed E-state index contributed by atoms with van der Waals surface area (Å²) in [4.78, 5) is 44.3. The largest absolute Gasteiger partial charge is 0.378 e. The van der Waals surface area contributed by atoms with Crippen LogP contribution in [0.25, 0.3) is 0 Å². The molecule has 2 fully saturated rings. The quantitative estimate of drug-likeness (QED) is 0.685. The molecule has 7 nitrogen and oxygen atoms in total. The maximum absolute atomic E-state index is 13.2. The van der Waals surface area contributed by atoms with Crippen LogP contribution in [0.4, 0.5) is 5.69 Å². The van der Waals surface area contributed by atoms with Crippen molar-refractivity contribution < 1.29 is 19.1 Å². The van der Waals surface area contributed by atoms with Crippen molar-refractivity contribution in [2.45, 2.75) is 19.4 Å². The predicted molar refractivity (Wildman–Crippen MR) is 117 cm³/mol. The van der Waals surface area contributed by atoms with Crippen molar-refractivity contribution in [3.05, 3.63) is 51.7 Å². The van der Waals surface area contributed by atoms with Crippen molar-refractivity contribution in [3.63, 3.8) is 0 Å². The maximum Gasteiger partial charge on any atom is 0.263 e. The zero-order valence-corrected chi connectivity index (χ0v) is 18.1. The molecule has 162 valence electrons. The first kappa shape index (κ1) is 20.2. The third-order valence-corrected chi connectivity index (χ3v) is 7.14. The van der Waals surface area contributed by atoms with Gasteiger partial charge in [-0.2, -0.15) is 11.3 Å². The molecule has 1 aromatic carbocycles. The molecular weight excluding hydrogens is 414 g/mol. The van der Waals surface area contributed by atoms with Gasteiger partial charge in [0.15, 0.2) is 0 Å². The first-order valence-electron chi connectivity index (χ1n) is 10.8. The lowest BCUT2D eigenvalue weighted by molar-refractivity contribution is -0.140. The number of ether oxygens (including phenoxy) is 1. The molecule has 0 bridgehead atoms. The van der Waals surface area contributed by atoms with Gasteiger partial charge >= 0.3 is 0 Å². The van der Waals surface area contributed by atoms with Crippen LogP contribution >= 0.6 is 11.3 Å². The summed E-state index contributed by atoms with van der Waals surface area (Å²) in [5, 5.41) is 3.90. The Morgan fingerprint density at radius 1 is 1.03 bits per heavy atom. The first-order chi connectivity index (χ1) is 15.1. The monoisotopic (exact) mass is 439 g/mol. The SMILES string of the molecule is O=C(C1CCN(c2cccc3c2C(=O)N(Cc2ccsc2)C3=O)CC1)N1CCOCC1. The highest BCUT2D eigenvalue weighted by Gasteiger charge is 2.39. The number of amides is 3.